The van der Waals surface area contributed by atoms with E-state index in [1.165, 1.54) is 18.0 Å². The second-order valence-corrected chi connectivity index (χ2v) is 6.67. The molecule has 0 bridgehead atoms. The Morgan fingerprint density at radius 3 is 2.48 bits per heavy atom. The van der Waals surface area contributed by atoms with E-state index < -0.39 is 28.2 Å². The van der Waals surface area contributed by atoms with Gasteiger partial charge in [-0.3, -0.25) is 9.59 Å². The molecular weight excluding hydrogens is 359 g/mol. The van der Waals surface area contributed by atoms with Crippen molar-refractivity contribution in [1.82, 2.24) is 4.90 Å². The monoisotopic (exact) mass is 377 g/mol. The van der Waals surface area contributed by atoms with Gasteiger partial charge in [0, 0.05) is 12.7 Å². The first-order chi connectivity index (χ1) is 11.5. The van der Waals surface area contributed by atoms with E-state index in [0.29, 0.717) is 12.8 Å². The Hall–Kier alpha value is -1.80. The van der Waals surface area contributed by atoms with Crippen LogP contribution in [-0.4, -0.2) is 35.8 Å². The molecule has 2 rings (SSSR count). The van der Waals surface area contributed by atoms with E-state index in [1.54, 1.807) is 0 Å². The van der Waals surface area contributed by atoms with Crippen LogP contribution >= 0.6 is 11.6 Å². The third-order valence-electron chi connectivity index (χ3n) is 4.20. The highest BCUT2D eigenvalue weighted by molar-refractivity contribution is 6.31. The van der Waals surface area contributed by atoms with Gasteiger partial charge in [0.2, 0.25) is 11.8 Å². The maximum absolute atomic E-state index is 12.8. The van der Waals surface area contributed by atoms with Gasteiger partial charge in [-0.25, -0.2) is 0 Å². The number of nitrogens with two attached hydrogens (primary N) is 1. The molecule has 1 aromatic carbocycles. The second-order valence-electron chi connectivity index (χ2n) is 6.27. The van der Waals surface area contributed by atoms with Gasteiger partial charge in [0.1, 0.15) is 0 Å². The quantitative estimate of drug-likeness (QED) is 0.846. The zero-order valence-electron chi connectivity index (χ0n) is 13.6. The SMILES string of the molecule is CN(CC(=O)Nc1ccc(Cl)c(C(F)(F)F)c1)C(=O)C1(N)CCCC1. The van der Waals surface area contributed by atoms with Crippen LogP contribution in [0, 0.1) is 0 Å². The Kier molecular flexibility index (Phi) is 5.63. The number of carbonyl (C=O) groups is 2. The number of halogens is 4. The number of amides is 2. The topological polar surface area (TPSA) is 75.4 Å². The van der Waals surface area contributed by atoms with Gasteiger partial charge in [0.25, 0.3) is 0 Å². The van der Waals surface area contributed by atoms with Crippen molar-refractivity contribution >= 4 is 29.1 Å². The largest absolute Gasteiger partial charge is 0.417 e. The molecule has 1 aliphatic rings. The molecule has 9 heteroatoms. The summed E-state index contributed by atoms with van der Waals surface area (Å²) < 4.78 is 38.5. The highest BCUT2D eigenvalue weighted by Gasteiger charge is 2.39. The third-order valence-corrected chi connectivity index (χ3v) is 4.53. The Bertz CT molecular complexity index is 673. The lowest BCUT2D eigenvalue weighted by Gasteiger charge is -2.28. The predicted molar refractivity (Wildman–Crippen MR) is 88.1 cm³/mol. The molecule has 2 amide bonds. The van der Waals surface area contributed by atoms with Gasteiger partial charge in [-0.15, -0.1) is 0 Å². The molecule has 0 unspecified atom stereocenters. The number of alkyl halides is 3. The molecule has 3 N–H and O–H groups in total. The smallest absolute Gasteiger partial charge is 0.335 e. The fraction of sp³-hybridized carbons (Fsp3) is 0.500. The van der Waals surface area contributed by atoms with E-state index >= 15 is 0 Å². The van der Waals surface area contributed by atoms with Crippen LogP contribution in [0.15, 0.2) is 18.2 Å². The van der Waals surface area contributed by atoms with Crippen molar-refractivity contribution in [2.75, 3.05) is 18.9 Å². The van der Waals surface area contributed by atoms with Gasteiger partial charge in [-0.2, -0.15) is 13.2 Å². The van der Waals surface area contributed by atoms with Crippen LogP contribution in [0.5, 0.6) is 0 Å². The minimum Gasteiger partial charge on any atom is -0.335 e. The van der Waals surface area contributed by atoms with E-state index in [0.717, 1.165) is 25.0 Å². The number of hydrogen-bond donors (Lipinski definition) is 2. The molecule has 0 atom stereocenters. The first-order valence-corrected chi connectivity index (χ1v) is 8.12. The summed E-state index contributed by atoms with van der Waals surface area (Å²) in [6.45, 7) is -0.304. The summed E-state index contributed by atoms with van der Waals surface area (Å²) in [7, 11) is 1.44. The molecule has 1 aliphatic carbocycles. The number of nitrogens with one attached hydrogen (secondary N) is 1. The molecule has 0 spiro atoms. The molecular formula is C16H19ClF3N3O2. The maximum Gasteiger partial charge on any atom is 0.417 e. The van der Waals surface area contributed by atoms with Crippen LogP contribution in [0.4, 0.5) is 18.9 Å². The van der Waals surface area contributed by atoms with E-state index in [-0.39, 0.29) is 18.1 Å². The van der Waals surface area contributed by atoms with Crippen molar-refractivity contribution in [2.24, 2.45) is 5.73 Å². The normalized spacial score (nSPS) is 16.6. The van der Waals surface area contributed by atoms with E-state index in [9.17, 15) is 22.8 Å². The number of rotatable bonds is 4. The van der Waals surface area contributed by atoms with Gasteiger partial charge < -0.3 is 16.0 Å². The molecule has 138 valence electrons. The van der Waals surface area contributed by atoms with Crippen molar-refractivity contribution in [1.29, 1.82) is 0 Å². The van der Waals surface area contributed by atoms with E-state index in [2.05, 4.69) is 5.32 Å². The van der Waals surface area contributed by atoms with Gasteiger partial charge in [0.15, 0.2) is 0 Å². The maximum atomic E-state index is 12.8. The summed E-state index contributed by atoms with van der Waals surface area (Å²) >= 11 is 5.53. The summed E-state index contributed by atoms with van der Waals surface area (Å²) in [5.41, 5.74) is 4.01. The average molecular weight is 378 g/mol. The van der Waals surface area contributed by atoms with Crippen LogP contribution in [0.3, 0.4) is 0 Å². The van der Waals surface area contributed by atoms with Crippen molar-refractivity contribution in [3.63, 3.8) is 0 Å². The van der Waals surface area contributed by atoms with Gasteiger partial charge >= 0.3 is 6.18 Å². The summed E-state index contributed by atoms with van der Waals surface area (Å²) in [6, 6.07) is 3.07. The lowest BCUT2D eigenvalue weighted by atomic mass is 9.97. The molecule has 0 aromatic heterocycles. The van der Waals surface area contributed by atoms with Crippen LogP contribution in [0.25, 0.3) is 0 Å². The fourth-order valence-corrected chi connectivity index (χ4v) is 3.13. The average Bonchev–Trinajstić information content (AvgIpc) is 2.95. The highest BCUT2D eigenvalue weighted by atomic mass is 35.5. The number of carbonyl (C=O) groups excluding carboxylic acids is 2. The Labute approximate surface area is 148 Å². The summed E-state index contributed by atoms with van der Waals surface area (Å²) in [4.78, 5) is 25.6. The zero-order valence-corrected chi connectivity index (χ0v) is 14.4. The minimum atomic E-state index is -4.63. The molecule has 0 aliphatic heterocycles. The minimum absolute atomic E-state index is 0.0501. The summed E-state index contributed by atoms with van der Waals surface area (Å²) in [5, 5.41) is 1.88. The van der Waals surface area contributed by atoms with Crippen molar-refractivity contribution in [3.8, 4) is 0 Å². The predicted octanol–water partition coefficient (Wildman–Crippen LogP) is 3.03. The van der Waals surface area contributed by atoms with E-state index in [1.807, 2.05) is 0 Å². The van der Waals surface area contributed by atoms with Crippen molar-refractivity contribution in [2.45, 2.75) is 37.4 Å². The van der Waals surface area contributed by atoms with Crippen molar-refractivity contribution in [3.05, 3.63) is 28.8 Å². The zero-order chi connectivity index (χ0) is 18.8. The van der Waals surface area contributed by atoms with E-state index in [4.69, 9.17) is 17.3 Å². The number of benzene rings is 1. The highest BCUT2D eigenvalue weighted by Crippen LogP contribution is 2.36. The van der Waals surface area contributed by atoms with Crippen LogP contribution in [0.1, 0.15) is 31.2 Å². The molecule has 1 aromatic rings. The molecule has 1 fully saturated rings. The molecule has 5 nitrogen and oxygen atoms in total. The second kappa shape index (κ2) is 7.21. The Morgan fingerprint density at radius 1 is 1.32 bits per heavy atom. The molecule has 0 radical (unpaired) electrons. The molecule has 1 saturated carbocycles. The van der Waals surface area contributed by atoms with Gasteiger partial charge in [-0.1, -0.05) is 24.4 Å². The Morgan fingerprint density at radius 2 is 1.92 bits per heavy atom. The lowest BCUT2D eigenvalue weighted by Crippen LogP contribution is -2.53. The standard InChI is InChI=1S/C16H19ClF3N3O2/c1-23(14(25)15(21)6-2-3-7-15)9-13(24)22-10-4-5-12(17)11(8-10)16(18,19)20/h4-5,8H,2-3,6-7,9,21H2,1H3,(H,22,24). The summed E-state index contributed by atoms with van der Waals surface area (Å²) in [5.74, 6) is -0.958. The number of nitrogens with zero attached hydrogens (tertiary/aromatic N) is 1. The van der Waals surface area contributed by atoms with Crippen LogP contribution < -0.4 is 11.1 Å². The number of anilines is 1. The third kappa shape index (κ3) is 4.64. The number of hydrogen-bond acceptors (Lipinski definition) is 3. The van der Waals surface area contributed by atoms with Gasteiger partial charge in [-0.05, 0) is 31.0 Å². The summed E-state index contributed by atoms with van der Waals surface area (Å²) in [6.07, 6.45) is -1.80. The lowest BCUT2D eigenvalue weighted by molar-refractivity contribution is -0.138. The van der Waals surface area contributed by atoms with Gasteiger partial charge in [0.05, 0.1) is 22.7 Å². The molecule has 0 heterocycles. The number of likely N-dealkylation sites (N-methyl/N-ethyl adjacent to an activating group) is 1. The van der Waals surface area contributed by atoms with Crippen LogP contribution in [0.2, 0.25) is 5.02 Å². The molecule has 0 saturated heterocycles. The fourth-order valence-electron chi connectivity index (χ4n) is 2.91. The Balaban J connectivity index is 2.02. The molecule has 25 heavy (non-hydrogen) atoms. The van der Waals surface area contributed by atoms with Crippen molar-refractivity contribution < 1.29 is 22.8 Å². The first-order valence-electron chi connectivity index (χ1n) is 7.74. The van der Waals surface area contributed by atoms with Crippen LogP contribution in [-0.2, 0) is 15.8 Å². The first kappa shape index (κ1) is 19.5.